The van der Waals surface area contributed by atoms with Gasteiger partial charge in [0, 0.05) is 18.8 Å². The molecule has 92 valence electrons. The van der Waals surface area contributed by atoms with Crippen LogP contribution in [-0.4, -0.2) is 37.4 Å². The van der Waals surface area contributed by atoms with E-state index in [1.54, 1.807) is 6.07 Å². The molecule has 4 nitrogen and oxygen atoms in total. The Bertz CT molecular complexity index is 411. The monoisotopic (exact) mass is 235 g/mol. The first-order valence-corrected chi connectivity index (χ1v) is 5.92. The number of ether oxygens (including phenoxy) is 1. The van der Waals surface area contributed by atoms with Crippen LogP contribution in [0.1, 0.15) is 22.8 Å². The van der Waals surface area contributed by atoms with Crippen LogP contribution in [0.5, 0.6) is 0 Å². The van der Waals surface area contributed by atoms with Gasteiger partial charge in [0.05, 0.1) is 18.8 Å². The predicted molar refractivity (Wildman–Crippen MR) is 65.8 cm³/mol. The molecule has 0 spiro atoms. The summed E-state index contributed by atoms with van der Waals surface area (Å²) in [5.74, 6) is -0.850. The number of carboxylic acids is 1. The van der Waals surface area contributed by atoms with Gasteiger partial charge in [0.2, 0.25) is 0 Å². The lowest BCUT2D eigenvalue weighted by Gasteiger charge is -2.31. The third-order valence-electron chi connectivity index (χ3n) is 3.09. The smallest absolute Gasteiger partial charge is 0.336 e. The van der Waals surface area contributed by atoms with Crippen molar-refractivity contribution in [3.05, 3.63) is 29.3 Å². The molecule has 1 heterocycles. The molecule has 0 amide bonds. The fourth-order valence-corrected chi connectivity index (χ4v) is 2.25. The van der Waals surface area contributed by atoms with Crippen molar-refractivity contribution in [2.24, 2.45) is 0 Å². The largest absolute Gasteiger partial charge is 0.478 e. The summed E-state index contributed by atoms with van der Waals surface area (Å²) >= 11 is 0. The first-order chi connectivity index (χ1) is 8.24. The molecule has 2 rings (SSSR count). The number of anilines is 1. The summed E-state index contributed by atoms with van der Waals surface area (Å²) in [5.41, 5.74) is 2.37. The Morgan fingerprint density at radius 1 is 1.41 bits per heavy atom. The summed E-state index contributed by atoms with van der Waals surface area (Å²) in [6.45, 7) is 5.07. The maximum atomic E-state index is 11.2. The summed E-state index contributed by atoms with van der Waals surface area (Å²) in [6.07, 6.45) is 0.731. The molecule has 0 atom stereocenters. The molecule has 1 aliphatic heterocycles. The average Bonchev–Trinajstić information content (AvgIpc) is 2.38. The van der Waals surface area contributed by atoms with E-state index in [9.17, 15) is 9.90 Å². The molecule has 1 N–H and O–H groups in total. The van der Waals surface area contributed by atoms with Gasteiger partial charge in [0.15, 0.2) is 0 Å². The number of carboxylic acid groups (broad SMARTS) is 1. The SMILES string of the molecule is CCc1c(C(=O)O)cccc1N1CCOCC1. The zero-order chi connectivity index (χ0) is 12.3. The summed E-state index contributed by atoms with van der Waals surface area (Å²) in [5, 5.41) is 9.18. The molecule has 4 heteroatoms. The minimum Gasteiger partial charge on any atom is -0.478 e. The van der Waals surface area contributed by atoms with E-state index < -0.39 is 5.97 Å². The molecule has 0 unspecified atom stereocenters. The summed E-state index contributed by atoms with van der Waals surface area (Å²) in [7, 11) is 0. The highest BCUT2D eigenvalue weighted by molar-refractivity contribution is 5.91. The Kier molecular flexibility index (Phi) is 3.64. The minimum absolute atomic E-state index is 0.413. The lowest BCUT2D eigenvalue weighted by molar-refractivity contribution is 0.0695. The van der Waals surface area contributed by atoms with Gasteiger partial charge >= 0.3 is 5.97 Å². The first-order valence-electron chi connectivity index (χ1n) is 5.92. The number of hydrogen-bond donors (Lipinski definition) is 1. The van der Waals surface area contributed by atoms with Crippen LogP contribution in [-0.2, 0) is 11.2 Å². The maximum absolute atomic E-state index is 11.2. The summed E-state index contributed by atoms with van der Waals surface area (Å²) in [4.78, 5) is 13.4. The van der Waals surface area contributed by atoms with Crippen molar-refractivity contribution >= 4 is 11.7 Å². The molecular formula is C13H17NO3. The van der Waals surface area contributed by atoms with E-state index in [-0.39, 0.29) is 0 Å². The van der Waals surface area contributed by atoms with E-state index >= 15 is 0 Å². The summed E-state index contributed by atoms with van der Waals surface area (Å²) in [6, 6.07) is 5.48. The Balaban J connectivity index is 2.38. The van der Waals surface area contributed by atoms with E-state index in [0.717, 1.165) is 30.8 Å². The van der Waals surface area contributed by atoms with E-state index in [2.05, 4.69) is 4.90 Å². The van der Waals surface area contributed by atoms with Gasteiger partial charge in [-0.3, -0.25) is 0 Å². The normalized spacial score (nSPS) is 15.9. The number of hydrogen-bond acceptors (Lipinski definition) is 3. The van der Waals surface area contributed by atoms with Crippen LogP contribution in [0, 0.1) is 0 Å². The molecule has 1 aromatic carbocycles. The number of benzene rings is 1. The van der Waals surface area contributed by atoms with Gasteiger partial charge in [-0.25, -0.2) is 4.79 Å². The quantitative estimate of drug-likeness (QED) is 0.867. The molecule has 1 aliphatic rings. The zero-order valence-corrected chi connectivity index (χ0v) is 9.98. The number of rotatable bonds is 3. The van der Waals surface area contributed by atoms with Crippen molar-refractivity contribution in [2.45, 2.75) is 13.3 Å². The Morgan fingerprint density at radius 2 is 2.12 bits per heavy atom. The lowest BCUT2D eigenvalue weighted by Crippen LogP contribution is -2.37. The van der Waals surface area contributed by atoms with Crippen LogP contribution in [0.4, 0.5) is 5.69 Å². The van der Waals surface area contributed by atoms with Crippen LogP contribution in [0.25, 0.3) is 0 Å². The second-order valence-electron chi connectivity index (χ2n) is 4.06. The Labute approximate surface area is 101 Å². The molecule has 0 aromatic heterocycles. The molecular weight excluding hydrogens is 218 g/mol. The van der Waals surface area contributed by atoms with Gasteiger partial charge in [-0.2, -0.15) is 0 Å². The van der Waals surface area contributed by atoms with E-state index in [0.29, 0.717) is 18.8 Å². The summed E-state index contributed by atoms with van der Waals surface area (Å²) < 4.78 is 5.31. The van der Waals surface area contributed by atoms with Gasteiger partial charge in [-0.1, -0.05) is 13.0 Å². The topological polar surface area (TPSA) is 49.8 Å². The molecule has 0 radical (unpaired) electrons. The first kappa shape index (κ1) is 11.9. The molecule has 1 saturated heterocycles. The van der Waals surface area contributed by atoms with Gasteiger partial charge in [0.1, 0.15) is 0 Å². The third kappa shape index (κ3) is 2.42. The van der Waals surface area contributed by atoms with Crippen molar-refractivity contribution < 1.29 is 14.6 Å². The van der Waals surface area contributed by atoms with Crippen LogP contribution in [0.2, 0.25) is 0 Å². The van der Waals surface area contributed by atoms with Crippen molar-refractivity contribution in [2.75, 3.05) is 31.2 Å². The zero-order valence-electron chi connectivity index (χ0n) is 9.98. The fraction of sp³-hybridized carbons (Fsp3) is 0.462. The average molecular weight is 235 g/mol. The molecule has 0 bridgehead atoms. The minimum atomic E-state index is -0.850. The number of carbonyl (C=O) groups is 1. The highest BCUT2D eigenvalue weighted by Crippen LogP contribution is 2.25. The molecule has 0 saturated carbocycles. The van der Waals surface area contributed by atoms with Crippen LogP contribution in [0.15, 0.2) is 18.2 Å². The van der Waals surface area contributed by atoms with Crippen LogP contribution in [0.3, 0.4) is 0 Å². The highest BCUT2D eigenvalue weighted by Gasteiger charge is 2.18. The van der Waals surface area contributed by atoms with Crippen LogP contribution < -0.4 is 4.90 Å². The van der Waals surface area contributed by atoms with Gasteiger partial charge < -0.3 is 14.7 Å². The number of aromatic carboxylic acids is 1. The van der Waals surface area contributed by atoms with E-state index in [4.69, 9.17) is 4.74 Å². The standard InChI is InChI=1S/C13H17NO3/c1-2-10-11(13(15)16)4-3-5-12(10)14-6-8-17-9-7-14/h3-5H,2,6-9H2,1H3,(H,15,16). The lowest BCUT2D eigenvalue weighted by atomic mass is 10.0. The van der Waals surface area contributed by atoms with Crippen LogP contribution >= 0.6 is 0 Å². The molecule has 17 heavy (non-hydrogen) atoms. The van der Waals surface area contributed by atoms with Crippen molar-refractivity contribution in [1.82, 2.24) is 0 Å². The number of nitrogens with zero attached hydrogens (tertiary/aromatic N) is 1. The van der Waals surface area contributed by atoms with Gasteiger partial charge in [-0.15, -0.1) is 0 Å². The maximum Gasteiger partial charge on any atom is 0.336 e. The van der Waals surface area contributed by atoms with Crippen molar-refractivity contribution in [3.8, 4) is 0 Å². The van der Waals surface area contributed by atoms with Gasteiger partial charge in [-0.05, 0) is 24.1 Å². The van der Waals surface area contributed by atoms with E-state index in [1.165, 1.54) is 0 Å². The molecule has 1 aromatic rings. The Hall–Kier alpha value is -1.55. The Morgan fingerprint density at radius 3 is 2.71 bits per heavy atom. The van der Waals surface area contributed by atoms with Crippen molar-refractivity contribution in [3.63, 3.8) is 0 Å². The molecule has 1 fully saturated rings. The second-order valence-corrected chi connectivity index (χ2v) is 4.06. The number of morpholine rings is 1. The molecule has 0 aliphatic carbocycles. The predicted octanol–water partition coefficient (Wildman–Crippen LogP) is 1.78. The third-order valence-corrected chi connectivity index (χ3v) is 3.09. The van der Waals surface area contributed by atoms with Gasteiger partial charge in [0.25, 0.3) is 0 Å². The second kappa shape index (κ2) is 5.19. The van der Waals surface area contributed by atoms with Crippen molar-refractivity contribution in [1.29, 1.82) is 0 Å². The highest BCUT2D eigenvalue weighted by atomic mass is 16.5. The fourth-order valence-electron chi connectivity index (χ4n) is 2.25. The van der Waals surface area contributed by atoms with E-state index in [1.807, 2.05) is 19.1 Å².